The van der Waals surface area contributed by atoms with Crippen molar-refractivity contribution < 1.29 is 0 Å². The molecule has 2 saturated carbocycles. The normalized spacial score (nSPS) is 27.1. The minimum Gasteiger partial charge on any atom is -0.314 e. The summed E-state index contributed by atoms with van der Waals surface area (Å²) in [5.74, 6) is 1.76. The predicted octanol–water partition coefficient (Wildman–Crippen LogP) is 2.69. The topological polar surface area (TPSA) is 29.9 Å². The van der Waals surface area contributed by atoms with E-state index in [-0.39, 0.29) is 0 Å². The lowest BCUT2D eigenvalue weighted by molar-refractivity contribution is 0.358. The Bertz CT molecular complexity index is 420. The van der Waals surface area contributed by atoms with E-state index in [9.17, 15) is 0 Å². The number of hydrogen-bond donors (Lipinski definition) is 1. The van der Waals surface area contributed by atoms with Crippen LogP contribution in [0.1, 0.15) is 50.4 Å². The molecule has 1 aromatic rings. The molecule has 1 N–H and O–H groups in total. The van der Waals surface area contributed by atoms with Crippen molar-refractivity contribution in [1.29, 1.82) is 0 Å². The Kier molecular flexibility index (Phi) is 3.92. The van der Waals surface area contributed by atoms with Crippen LogP contribution in [-0.2, 0) is 19.9 Å². The molecular formula is C16H27N3. The van der Waals surface area contributed by atoms with Crippen molar-refractivity contribution in [3.8, 4) is 0 Å². The fraction of sp³-hybridized carbons (Fsp3) is 0.812. The summed E-state index contributed by atoms with van der Waals surface area (Å²) in [5, 5.41) is 8.30. The fourth-order valence-electron chi connectivity index (χ4n) is 3.46. The van der Waals surface area contributed by atoms with E-state index >= 15 is 0 Å². The zero-order valence-corrected chi connectivity index (χ0v) is 12.4. The lowest BCUT2D eigenvalue weighted by atomic mass is 9.91. The van der Waals surface area contributed by atoms with E-state index in [1.807, 2.05) is 0 Å². The Hall–Kier alpha value is -0.830. The summed E-state index contributed by atoms with van der Waals surface area (Å²) < 4.78 is 2.10. The van der Waals surface area contributed by atoms with Crippen LogP contribution in [0.4, 0.5) is 0 Å². The van der Waals surface area contributed by atoms with E-state index in [1.165, 1.54) is 56.5 Å². The van der Waals surface area contributed by atoms with Crippen molar-refractivity contribution in [2.24, 2.45) is 18.9 Å². The number of aromatic nitrogens is 2. The smallest absolute Gasteiger partial charge is 0.0624 e. The molecule has 106 valence electrons. The van der Waals surface area contributed by atoms with Crippen LogP contribution in [0, 0.1) is 11.8 Å². The van der Waals surface area contributed by atoms with Crippen LogP contribution in [0.25, 0.3) is 0 Å². The molecule has 1 aromatic heterocycles. The second kappa shape index (κ2) is 5.66. The number of nitrogens with one attached hydrogen (secondary N) is 1. The summed E-state index contributed by atoms with van der Waals surface area (Å²) in [5.41, 5.74) is 2.67. The third kappa shape index (κ3) is 3.19. The fourth-order valence-corrected chi connectivity index (χ4v) is 3.46. The van der Waals surface area contributed by atoms with Crippen molar-refractivity contribution >= 4 is 0 Å². The van der Waals surface area contributed by atoms with Gasteiger partial charge in [-0.2, -0.15) is 5.10 Å². The van der Waals surface area contributed by atoms with Crippen molar-refractivity contribution in [2.75, 3.05) is 6.54 Å². The average molecular weight is 261 g/mol. The number of hydrogen-bond acceptors (Lipinski definition) is 2. The van der Waals surface area contributed by atoms with Gasteiger partial charge in [-0.3, -0.25) is 4.68 Å². The van der Waals surface area contributed by atoms with E-state index in [0.29, 0.717) is 0 Å². The summed E-state index contributed by atoms with van der Waals surface area (Å²) in [6.07, 6.45) is 9.32. The molecule has 0 bridgehead atoms. The molecule has 3 rings (SSSR count). The van der Waals surface area contributed by atoms with Gasteiger partial charge in [0.15, 0.2) is 0 Å². The summed E-state index contributed by atoms with van der Waals surface area (Å²) in [4.78, 5) is 0. The van der Waals surface area contributed by atoms with Gasteiger partial charge in [-0.25, -0.2) is 0 Å². The van der Waals surface area contributed by atoms with E-state index in [4.69, 9.17) is 0 Å². The maximum absolute atomic E-state index is 4.58. The van der Waals surface area contributed by atoms with Gasteiger partial charge in [0.1, 0.15) is 0 Å². The van der Waals surface area contributed by atoms with Crippen LogP contribution in [-0.4, -0.2) is 22.4 Å². The van der Waals surface area contributed by atoms with Crippen LogP contribution >= 0.6 is 0 Å². The monoisotopic (exact) mass is 261 g/mol. The highest BCUT2D eigenvalue weighted by molar-refractivity contribution is 5.11. The number of aryl methyl sites for hydroxylation is 2. The Balaban J connectivity index is 1.58. The number of rotatable bonds is 6. The summed E-state index contributed by atoms with van der Waals surface area (Å²) >= 11 is 0. The minimum absolute atomic E-state index is 0.852. The SMILES string of the molecule is CCc1cc(CC2CCCC2CNC2CC2)n(C)n1. The molecule has 2 aliphatic rings. The average Bonchev–Trinajstić information content (AvgIpc) is 3.03. The van der Waals surface area contributed by atoms with Crippen LogP contribution < -0.4 is 5.32 Å². The zero-order valence-electron chi connectivity index (χ0n) is 12.4. The van der Waals surface area contributed by atoms with Gasteiger partial charge in [0.25, 0.3) is 0 Å². The maximum atomic E-state index is 4.58. The van der Waals surface area contributed by atoms with Gasteiger partial charge in [-0.05, 0) is 63.0 Å². The summed E-state index contributed by atoms with van der Waals surface area (Å²) in [6, 6.07) is 3.16. The van der Waals surface area contributed by atoms with Gasteiger partial charge in [0.05, 0.1) is 5.69 Å². The summed E-state index contributed by atoms with van der Waals surface area (Å²) in [7, 11) is 2.10. The Morgan fingerprint density at radius 3 is 2.74 bits per heavy atom. The van der Waals surface area contributed by atoms with Crippen molar-refractivity contribution in [3.63, 3.8) is 0 Å². The van der Waals surface area contributed by atoms with Crippen LogP contribution in [0.2, 0.25) is 0 Å². The standard InChI is InChI=1S/C16H27N3/c1-3-14-10-16(19(2)18-14)9-12-5-4-6-13(12)11-17-15-7-8-15/h10,12-13,15,17H,3-9,11H2,1-2H3. The van der Waals surface area contributed by atoms with Gasteiger partial charge >= 0.3 is 0 Å². The molecule has 2 aliphatic carbocycles. The van der Waals surface area contributed by atoms with Crippen molar-refractivity contribution in [3.05, 3.63) is 17.5 Å². The zero-order chi connectivity index (χ0) is 13.2. The molecule has 0 spiro atoms. The molecule has 0 radical (unpaired) electrons. The third-order valence-corrected chi connectivity index (χ3v) is 4.92. The van der Waals surface area contributed by atoms with Gasteiger partial charge in [-0.15, -0.1) is 0 Å². The molecule has 0 aliphatic heterocycles. The lowest BCUT2D eigenvalue weighted by Crippen LogP contribution is -2.28. The van der Waals surface area contributed by atoms with Crippen LogP contribution in [0.5, 0.6) is 0 Å². The predicted molar refractivity (Wildman–Crippen MR) is 78.1 cm³/mol. The van der Waals surface area contributed by atoms with Gasteiger partial charge in [0.2, 0.25) is 0 Å². The van der Waals surface area contributed by atoms with Crippen LogP contribution in [0.15, 0.2) is 6.07 Å². The van der Waals surface area contributed by atoms with E-state index in [0.717, 1.165) is 24.3 Å². The number of nitrogens with zero attached hydrogens (tertiary/aromatic N) is 2. The largest absolute Gasteiger partial charge is 0.314 e. The molecule has 2 fully saturated rings. The molecule has 19 heavy (non-hydrogen) atoms. The molecule has 0 amide bonds. The van der Waals surface area contributed by atoms with Gasteiger partial charge in [0, 0.05) is 18.8 Å². The molecule has 3 heteroatoms. The first-order valence-electron chi connectivity index (χ1n) is 8.01. The molecule has 0 saturated heterocycles. The first kappa shape index (κ1) is 13.2. The Morgan fingerprint density at radius 1 is 1.26 bits per heavy atom. The highest BCUT2D eigenvalue weighted by Gasteiger charge is 2.30. The second-order valence-corrected chi connectivity index (χ2v) is 6.44. The van der Waals surface area contributed by atoms with Gasteiger partial charge < -0.3 is 5.32 Å². The maximum Gasteiger partial charge on any atom is 0.0624 e. The quantitative estimate of drug-likeness (QED) is 0.853. The first-order chi connectivity index (χ1) is 9.26. The Morgan fingerprint density at radius 2 is 2.05 bits per heavy atom. The van der Waals surface area contributed by atoms with E-state index in [2.05, 4.69) is 35.1 Å². The lowest BCUT2D eigenvalue weighted by Gasteiger charge is -2.20. The molecule has 0 aromatic carbocycles. The first-order valence-corrected chi connectivity index (χ1v) is 8.01. The Labute approximate surface area is 116 Å². The summed E-state index contributed by atoms with van der Waals surface area (Å²) in [6.45, 7) is 3.43. The van der Waals surface area contributed by atoms with E-state index in [1.54, 1.807) is 0 Å². The molecular weight excluding hydrogens is 234 g/mol. The third-order valence-electron chi connectivity index (χ3n) is 4.92. The highest BCUT2D eigenvalue weighted by Crippen LogP contribution is 2.34. The highest BCUT2D eigenvalue weighted by atomic mass is 15.3. The molecule has 1 heterocycles. The van der Waals surface area contributed by atoms with E-state index < -0.39 is 0 Å². The molecule has 3 nitrogen and oxygen atoms in total. The van der Waals surface area contributed by atoms with Crippen LogP contribution in [0.3, 0.4) is 0 Å². The van der Waals surface area contributed by atoms with Gasteiger partial charge in [-0.1, -0.05) is 13.3 Å². The van der Waals surface area contributed by atoms with Crippen molar-refractivity contribution in [2.45, 2.75) is 57.9 Å². The van der Waals surface area contributed by atoms with Crippen molar-refractivity contribution in [1.82, 2.24) is 15.1 Å². The molecule has 2 unspecified atom stereocenters. The minimum atomic E-state index is 0.852. The molecule has 2 atom stereocenters. The second-order valence-electron chi connectivity index (χ2n) is 6.44.